The van der Waals surface area contributed by atoms with Gasteiger partial charge in [0.15, 0.2) is 0 Å². The Morgan fingerprint density at radius 2 is 1.79 bits per heavy atom. The summed E-state index contributed by atoms with van der Waals surface area (Å²) in [6.45, 7) is 7.97. The molecule has 2 amide bonds. The molecule has 1 aliphatic heterocycles. The average molecular weight is 487 g/mol. The quantitative estimate of drug-likeness (QED) is 0.523. The van der Waals surface area contributed by atoms with E-state index >= 15 is 0 Å². The first-order valence-corrected chi connectivity index (χ1v) is 15.2. The first-order chi connectivity index (χ1) is 16.2. The number of ether oxygens (including phenoxy) is 2. The molecule has 0 aromatic heterocycles. The van der Waals surface area contributed by atoms with Gasteiger partial charge in [0.2, 0.25) is 5.91 Å². The van der Waals surface area contributed by atoms with Gasteiger partial charge in [-0.05, 0) is 47.2 Å². The molecule has 0 spiro atoms. The minimum atomic E-state index is -1.83. The fraction of sp³-hybridized carbons (Fsp3) is 0.462. The molecule has 8 heteroatoms. The van der Waals surface area contributed by atoms with Crippen molar-refractivity contribution in [3.8, 4) is 0 Å². The Kier molecular flexibility index (Phi) is 8.99. The molecule has 184 valence electrons. The van der Waals surface area contributed by atoms with Crippen LogP contribution in [0.1, 0.15) is 36.4 Å². The number of nitrogens with one attached hydrogen (secondary N) is 2. The molecule has 2 N–H and O–H groups in total. The van der Waals surface area contributed by atoms with Crippen LogP contribution in [0.25, 0.3) is 0 Å². The van der Waals surface area contributed by atoms with Gasteiger partial charge in [0.05, 0.1) is 14.7 Å². The number of methoxy groups -OCH3 is 1. The SMILES string of the molecule is COCc1ccc([C@@H](NC(=O)CC2CCOCC2)C(=O)Nc2ccc([Si](C)(C)C)c(F)c2)cc1. The van der Waals surface area contributed by atoms with Crippen LogP contribution in [0.3, 0.4) is 0 Å². The molecule has 1 heterocycles. The van der Waals surface area contributed by atoms with Crippen LogP contribution < -0.4 is 15.8 Å². The maximum atomic E-state index is 14.7. The molecule has 6 nitrogen and oxygen atoms in total. The highest BCUT2D eigenvalue weighted by molar-refractivity contribution is 6.88. The third-order valence-electron chi connectivity index (χ3n) is 6.05. The Bertz CT molecular complexity index is 985. The van der Waals surface area contributed by atoms with E-state index in [0.717, 1.165) is 18.4 Å². The summed E-state index contributed by atoms with van der Waals surface area (Å²) in [5, 5.41) is 6.39. The van der Waals surface area contributed by atoms with Crippen molar-refractivity contribution >= 4 is 30.8 Å². The van der Waals surface area contributed by atoms with Crippen molar-refractivity contribution in [2.45, 2.75) is 51.6 Å². The number of anilines is 1. The average Bonchev–Trinajstić information content (AvgIpc) is 2.78. The number of carbonyl (C=O) groups excluding carboxylic acids is 2. The number of halogens is 1. The van der Waals surface area contributed by atoms with Gasteiger partial charge in [-0.3, -0.25) is 9.59 Å². The summed E-state index contributed by atoms with van der Waals surface area (Å²) in [7, 11) is -0.217. The van der Waals surface area contributed by atoms with Crippen molar-refractivity contribution in [1.29, 1.82) is 0 Å². The summed E-state index contributed by atoms with van der Waals surface area (Å²) in [6, 6.07) is 11.3. The molecule has 1 saturated heterocycles. The third-order valence-corrected chi connectivity index (χ3v) is 8.07. The van der Waals surface area contributed by atoms with E-state index in [4.69, 9.17) is 9.47 Å². The zero-order chi connectivity index (χ0) is 24.7. The Hall–Kier alpha value is -2.55. The second-order valence-electron chi connectivity index (χ2n) is 9.87. The van der Waals surface area contributed by atoms with Crippen LogP contribution in [0.15, 0.2) is 42.5 Å². The van der Waals surface area contributed by atoms with Crippen LogP contribution in [0.5, 0.6) is 0 Å². The van der Waals surface area contributed by atoms with Crippen molar-refractivity contribution < 1.29 is 23.5 Å². The molecule has 1 aliphatic rings. The minimum Gasteiger partial charge on any atom is -0.381 e. The first kappa shape index (κ1) is 26.1. The van der Waals surface area contributed by atoms with Crippen LogP contribution in [0.4, 0.5) is 10.1 Å². The maximum absolute atomic E-state index is 14.7. The van der Waals surface area contributed by atoms with Gasteiger partial charge in [0.1, 0.15) is 11.9 Å². The molecule has 0 radical (unpaired) electrons. The van der Waals surface area contributed by atoms with E-state index in [1.54, 1.807) is 19.2 Å². The third kappa shape index (κ3) is 7.22. The fourth-order valence-corrected chi connectivity index (χ4v) is 5.49. The molecule has 3 rings (SSSR count). The molecule has 34 heavy (non-hydrogen) atoms. The number of amides is 2. The minimum absolute atomic E-state index is 0.187. The normalized spacial score (nSPS) is 15.6. The molecule has 0 saturated carbocycles. The highest BCUT2D eigenvalue weighted by atomic mass is 28.3. The highest BCUT2D eigenvalue weighted by Crippen LogP contribution is 2.22. The standard InChI is InChI=1S/C26H35FN2O4Si/c1-32-17-19-5-7-20(8-6-19)25(29-24(30)15-18-11-13-33-14-12-18)26(31)28-21-9-10-23(22(27)16-21)34(2,3)4/h5-10,16,18,25H,11-15,17H2,1-4H3,(H,28,31)(H,29,30)/t25-/m1/s1. The zero-order valence-corrected chi connectivity index (χ0v) is 21.4. The van der Waals surface area contributed by atoms with Gasteiger partial charge in [-0.1, -0.05) is 50.0 Å². The molecule has 1 atom stereocenters. The summed E-state index contributed by atoms with van der Waals surface area (Å²) in [5.74, 6) is -0.681. The van der Waals surface area contributed by atoms with E-state index in [1.807, 2.05) is 24.3 Å². The van der Waals surface area contributed by atoms with Gasteiger partial charge >= 0.3 is 0 Å². The van der Waals surface area contributed by atoms with E-state index < -0.39 is 20.0 Å². The van der Waals surface area contributed by atoms with Crippen LogP contribution in [-0.4, -0.2) is 40.2 Å². The van der Waals surface area contributed by atoms with Crippen LogP contribution in [-0.2, 0) is 25.7 Å². The highest BCUT2D eigenvalue weighted by Gasteiger charge is 2.26. The van der Waals surface area contributed by atoms with Gasteiger partial charge in [0.25, 0.3) is 5.91 Å². The Labute approximate surface area is 202 Å². The van der Waals surface area contributed by atoms with Crippen molar-refractivity contribution in [3.63, 3.8) is 0 Å². The van der Waals surface area contributed by atoms with Crippen molar-refractivity contribution in [1.82, 2.24) is 5.32 Å². The van der Waals surface area contributed by atoms with Gasteiger partial charge in [0, 0.05) is 32.4 Å². The van der Waals surface area contributed by atoms with Crippen molar-refractivity contribution in [2.24, 2.45) is 5.92 Å². The predicted molar refractivity (Wildman–Crippen MR) is 134 cm³/mol. The molecular formula is C26H35FN2O4Si. The van der Waals surface area contributed by atoms with Crippen LogP contribution >= 0.6 is 0 Å². The Morgan fingerprint density at radius 3 is 2.38 bits per heavy atom. The second-order valence-corrected chi connectivity index (χ2v) is 14.9. The lowest BCUT2D eigenvalue weighted by Gasteiger charge is -2.24. The lowest BCUT2D eigenvalue weighted by Crippen LogP contribution is -2.40. The predicted octanol–water partition coefficient (Wildman–Crippen LogP) is 4.13. The molecule has 2 aromatic rings. The summed E-state index contributed by atoms with van der Waals surface area (Å²) in [4.78, 5) is 26.1. The zero-order valence-electron chi connectivity index (χ0n) is 20.4. The van der Waals surface area contributed by atoms with Crippen molar-refractivity contribution in [2.75, 3.05) is 25.6 Å². The summed E-state index contributed by atoms with van der Waals surface area (Å²) in [5.41, 5.74) is 1.98. The van der Waals surface area contributed by atoms with Crippen LogP contribution in [0.2, 0.25) is 19.6 Å². The van der Waals surface area contributed by atoms with Crippen LogP contribution in [0, 0.1) is 11.7 Å². The molecule has 1 fully saturated rings. The summed E-state index contributed by atoms with van der Waals surface area (Å²) >= 11 is 0. The topological polar surface area (TPSA) is 76.7 Å². The number of benzene rings is 2. The van der Waals surface area contributed by atoms with Crippen molar-refractivity contribution in [3.05, 3.63) is 59.4 Å². The molecule has 0 bridgehead atoms. The summed E-state index contributed by atoms with van der Waals surface area (Å²) < 4.78 is 25.2. The van der Waals surface area contributed by atoms with Gasteiger partial charge < -0.3 is 20.1 Å². The van der Waals surface area contributed by atoms with Gasteiger partial charge in [-0.25, -0.2) is 4.39 Å². The monoisotopic (exact) mass is 486 g/mol. The molecule has 0 unspecified atom stereocenters. The lowest BCUT2D eigenvalue weighted by atomic mass is 9.95. The Morgan fingerprint density at radius 1 is 1.12 bits per heavy atom. The van der Waals surface area contributed by atoms with E-state index in [2.05, 4.69) is 30.3 Å². The largest absolute Gasteiger partial charge is 0.381 e. The van der Waals surface area contributed by atoms with E-state index in [1.165, 1.54) is 6.07 Å². The number of hydrogen-bond acceptors (Lipinski definition) is 4. The van der Waals surface area contributed by atoms with E-state index in [-0.39, 0.29) is 17.6 Å². The fourth-order valence-electron chi connectivity index (χ4n) is 4.12. The molecule has 2 aromatic carbocycles. The lowest BCUT2D eigenvalue weighted by molar-refractivity contribution is -0.127. The van der Waals surface area contributed by atoms with E-state index in [0.29, 0.717) is 42.7 Å². The number of rotatable bonds is 9. The summed E-state index contributed by atoms with van der Waals surface area (Å²) in [6.07, 6.45) is 2.01. The second kappa shape index (κ2) is 11.7. The van der Waals surface area contributed by atoms with Gasteiger partial charge in [-0.2, -0.15) is 0 Å². The number of carbonyl (C=O) groups is 2. The molecular weight excluding hydrogens is 451 g/mol. The maximum Gasteiger partial charge on any atom is 0.251 e. The first-order valence-electron chi connectivity index (χ1n) is 11.7. The van der Waals surface area contributed by atoms with Gasteiger partial charge in [-0.15, -0.1) is 0 Å². The Balaban J connectivity index is 1.78. The molecule has 0 aliphatic carbocycles. The number of hydrogen-bond donors (Lipinski definition) is 2. The van der Waals surface area contributed by atoms with E-state index in [9.17, 15) is 14.0 Å². The smallest absolute Gasteiger partial charge is 0.251 e.